The molecule has 0 saturated carbocycles. The number of fused-ring (bicyclic) bond motifs is 12. The SMILES string of the molecule is CC1(C)c2cc3cc(N(c4ccccc4)c4cccc5c4oc4ccccc45)ccc3cc2-c2c1cc(N(c1ccccc1)c1cccc3c1oc1ccccc13)c1ccccc21. The van der Waals surface area contributed by atoms with Crippen molar-refractivity contribution in [1.82, 2.24) is 0 Å². The molecule has 0 aliphatic heterocycles. The Morgan fingerprint density at radius 3 is 1.51 bits per heavy atom. The zero-order chi connectivity index (χ0) is 41.8. The number of para-hydroxylation sites is 6. The van der Waals surface area contributed by atoms with Gasteiger partial charge in [-0.05, 0) is 117 Å². The fourth-order valence-electron chi connectivity index (χ4n) is 10.4. The van der Waals surface area contributed by atoms with Crippen LogP contribution in [0.3, 0.4) is 0 Å². The second-order valence-electron chi connectivity index (χ2n) is 17.3. The number of nitrogens with zero attached hydrogens (tertiary/aromatic N) is 2. The molecule has 1 aliphatic rings. The van der Waals surface area contributed by atoms with Crippen LogP contribution in [0.5, 0.6) is 0 Å². The standard InChI is InChI=1S/C59H40N2O2/c1-59(2)49-35-38-33-41(60(39-17-5-3-6-18-39)51-27-15-25-46-43-22-11-13-29-54(43)62-57(46)51)32-31-37(38)34-48(49)56-45-24-10-9-21-42(45)53(36-50(56)59)61(40-19-7-4-8-20-40)52-28-16-26-47-44-23-12-14-30-55(44)63-58(47)52/h3-36H,1-2H3. The van der Waals surface area contributed by atoms with Gasteiger partial charge in [-0.1, -0.05) is 141 Å². The first kappa shape index (κ1) is 35.7. The van der Waals surface area contributed by atoms with E-state index >= 15 is 0 Å². The minimum atomic E-state index is -0.305. The van der Waals surface area contributed by atoms with Gasteiger partial charge in [0.1, 0.15) is 11.2 Å². The van der Waals surface area contributed by atoms with E-state index in [0.717, 1.165) is 78.0 Å². The van der Waals surface area contributed by atoms with Gasteiger partial charge >= 0.3 is 0 Å². The summed E-state index contributed by atoms with van der Waals surface area (Å²) in [5, 5.41) is 9.26. The Labute approximate surface area is 364 Å². The second kappa shape index (κ2) is 13.5. The van der Waals surface area contributed by atoms with Crippen molar-refractivity contribution in [3.05, 3.63) is 217 Å². The minimum Gasteiger partial charge on any atom is -0.454 e. The van der Waals surface area contributed by atoms with Gasteiger partial charge in [0.15, 0.2) is 11.2 Å². The number of hydrogen-bond donors (Lipinski definition) is 0. The third kappa shape index (κ3) is 5.28. The molecular formula is C59H40N2O2. The lowest BCUT2D eigenvalue weighted by Gasteiger charge is -2.29. The van der Waals surface area contributed by atoms with Crippen LogP contribution < -0.4 is 9.80 Å². The molecule has 0 amide bonds. The van der Waals surface area contributed by atoms with Crippen molar-refractivity contribution in [1.29, 1.82) is 0 Å². The molecular weight excluding hydrogens is 769 g/mol. The summed E-state index contributed by atoms with van der Waals surface area (Å²) in [7, 11) is 0. The molecule has 2 aromatic heterocycles. The molecule has 0 bridgehead atoms. The maximum absolute atomic E-state index is 6.72. The zero-order valence-electron chi connectivity index (χ0n) is 34.8. The van der Waals surface area contributed by atoms with Crippen LogP contribution in [0.4, 0.5) is 34.1 Å². The predicted octanol–water partition coefficient (Wildman–Crippen LogP) is 17.0. The van der Waals surface area contributed by atoms with Gasteiger partial charge in [0.2, 0.25) is 0 Å². The highest BCUT2D eigenvalue weighted by molar-refractivity contribution is 6.15. The van der Waals surface area contributed by atoms with E-state index in [1.54, 1.807) is 0 Å². The van der Waals surface area contributed by atoms with Crippen LogP contribution in [0.25, 0.3) is 76.5 Å². The molecule has 0 saturated heterocycles. The van der Waals surface area contributed by atoms with Crippen LogP contribution in [0.2, 0.25) is 0 Å². The lowest BCUT2D eigenvalue weighted by molar-refractivity contribution is 0.661. The molecule has 0 atom stereocenters. The number of benzene rings is 10. The van der Waals surface area contributed by atoms with E-state index in [1.807, 2.05) is 12.1 Å². The first-order valence-electron chi connectivity index (χ1n) is 21.7. The van der Waals surface area contributed by atoms with Crippen molar-refractivity contribution >= 4 is 99.5 Å². The first-order valence-corrected chi connectivity index (χ1v) is 21.7. The molecule has 2 heterocycles. The highest BCUT2D eigenvalue weighted by Gasteiger charge is 2.38. The van der Waals surface area contributed by atoms with Gasteiger partial charge in [-0.25, -0.2) is 0 Å². The van der Waals surface area contributed by atoms with Gasteiger partial charge in [-0.3, -0.25) is 0 Å². The molecule has 0 unspecified atom stereocenters. The summed E-state index contributed by atoms with van der Waals surface area (Å²) in [4.78, 5) is 4.73. The lowest BCUT2D eigenvalue weighted by Crippen LogP contribution is -2.17. The highest BCUT2D eigenvalue weighted by atomic mass is 16.3. The fraction of sp³-hybridized carbons (Fsp3) is 0.0508. The number of rotatable bonds is 6. The highest BCUT2D eigenvalue weighted by Crippen LogP contribution is 2.56. The molecule has 298 valence electrons. The molecule has 12 aromatic rings. The van der Waals surface area contributed by atoms with Crippen molar-refractivity contribution in [2.45, 2.75) is 19.3 Å². The Hall–Kier alpha value is -8.08. The summed E-state index contributed by atoms with van der Waals surface area (Å²) in [6, 6.07) is 74.0. The van der Waals surface area contributed by atoms with Crippen molar-refractivity contribution in [3.63, 3.8) is 0 Å². The van der Waals surface area contributed by atoms with Crippen LogP contribution in [-0.2, 0) is 5.41 Å². The minimum absolute atomic E-state index is 0.305. The Bertz CT molecular complexity index is 3790. The number of anilines is 6. The molecule has 13 rings (SSSR count). The van der Waals surface area contributed by atoms with Crippen LogP contribution in [-0.4, -0.2) is 0 Å². The molecule has 0 spiro atoms. The third-order valence-electron chi connectivity index (χ3n) is 13.4. The van der Waals surface area contributed by atoms with Gasteiger partial charge in [0, 0.05) is 49.4 Å². The first-order chi connectivity index (χ1) is 31.0. The Morgan fingerprint density at radius 1 is 0.349 bits per heavy atom. The summed E-state index contributed by atoms with van der Waals surface area (Å²) in [6.07, 6.45) is 0. The summed E-state index contributed by atoms with van der Waals surface area (Å²) in [5.74, 6) is 0. The molecule has 0 fully saturated rings. The monoisotopic (exact) mass is 808 g/mol. The second-order valence-corrected chi connectivity index (χ2v) is 17.3. The van der Waals surface area contributed by atoms with E-state index in [-0.39, 0.29) is 5.41 Å². The predicted molar refractivity (Wildman–Crippen MR) is 263 cm³/mol. The fourth-order valence-corrected chi connectivity index (χ4v) is 10.4. The maximum atomic E-state index is 6.72. The van der Waals surface area contributed by atoms with E-state index in [4.69, 9.17) is 8.83 Å². The van der Waals surface area contributed by atoms with Gasteiger partial charge < -0.3 is 18.6 Å². The smallest absolute Gasteiger partial charge is 0.159 e. The topological polar surface area (TPSA) is 32.8 Å². The number of furan rings is 2. The molecule has 0 N–H and O–H groups in total. The summed E-state index contributed by atoms with van der Waals surface area (Å²) < 4.78 is 13.3. The van der Waals surface area contributed by atoms with Gasteiger partial charge in [-0.15, -0.1) is 0 Å². The van der Waals surface area contributed by atoms with Crippen molar-refractivity contribution in [2.24, 2.45) is 0 Å². The van der Waals surface area contributed by atoms with E-state index in [9.17, 15) is 0 Å². The molecule has 1 aliphatic carbocycles. The molecule has 63 heavy (non-hydrogen) atoms. The largest absolute Gasteiger partial charge is 0.454 e. The van der Waals surface area contributed by atoms with E-state index in [1.165, 1.54) is 43.8 Å². The van der Waals surface area contributed by atoms with Crippen molar-refractivity contribution < 1.29 is 8.83 Å². The average Bonchev–Trinajstić information content (AvgIpc) is 3.98. The van der Waals surface area contributed by atoms with Crippen molar-refractivity contribution in [3.8, 4) is 11.1 Å². The van der Waals surface area contributed by atoms with Crippen LogP contribution in [0.15, 0.2) is 215 Å². The summed E-state index contributed by atoms with van der Waals surface area (Å²) in [6.45, 7) is 4.77. The molecule has 10 aromatic carbocycles. The Balaban J connectivity index is 1.00. The maximum Gasteiger partial charge on any atom is 0.159 e. The van der Waals surface area contributed by atoms with Crippen molar-refractivity contribution in [2.75, 3.05) is 9.80 Å². The lowest BCUT2D eigenvalue weighted by atomic mass is 9.81. The van der Waals surface area contributed by atoms with E-state index in [0.29, 0.717) is 0 Å². The van der Waals surface area contributed by atoms with Gasteiger partial charge in [-0.2, -0.15) is 0 Å². The normalized spacial score (nSPS) is 13.0. The molecule has 4 nitrogen and oxygen atoms in total. The summed E-state index contributed by atoms with van der Waals surface area (Å²) >= 11 is 0. The Morgan fingerprint density at radius 2 is 0.873 bits per heavy atom. The van der Waals surface area contributed by atoms with E-state index < -0.39 is 0 Å². The quantitative estimate of drug-likeness (QED) is 0.168. The summed E-state index contributed by atoms with van der Waals surface area (Å²) in [5.41, 5.74) is 14.8. The van der Waals surface area contributed by atoms with Gasteiger partial charge in [0.25, 0.3) is 0 Å². The van der Waals surface area contributed by atoms with Crippen LogP contribution in [0.1, 0.15) is 25.0 Å². The molecule has 4 heteroatoms. The zero-order valence-corrected chi connectivity index (χ0v) is 34.8. The number of hydrogen-bond acceptors (Lipinski definition) is 4. The Kier molecular flexibility index (Phi) is 7.62. The molecule has 0 radical (unpaired) electrons. The van der Waals surface area contributed by atoms with Crippen LogP contribution in [0, 0.1) is 0 Å². The van der Waals surface area contributed by atoms with E-state index in [2.05, 4.69) is 218 Å². The van der Waals surface area contributed by atoms with Crippen LogP contribution >= 0.6 is 0 Å². The van der Waals surface area contributed by atoms with Gasteiger partial charge in [0.05, 0.1) is 17.1 Å². The third-order valence-corrected chi connectivity index (χ3v) is 13.4. The average molecular weight is 809 g/mol.